The van der Waals surface area contributed by atoms with Crippen molar-refractivity contribution in [1.82, 2.24) is 42.2 Å². The summed E-state index contributed by atoms with van der Waals surface area (Å²) in [6.07, 6.45) is 2.13. The molecule has 1 aromatic heterocycles. The molecule has 8 atom stereocenters. The normalized spacial score (nSPS) is 29.1. The zero-order chi connectivity index (χ0) is 40.9. The van der Waals surface area contributed by atoms with Crippen LogP contribution in [0.3, 0.4) is 0 Å². The molecule has 2 bridgehead atoms. The fourth-order valence-electron chi connectivity index (χ4n) is 7.14. The molecule has 4 rings (SSSR count). The molecular weight excluding hydrogens is 721 g/mol. The van der Waals surface area contributed by atoms with E-state index in [1.807, 2.05) is 79.7 Å². The first-order valence-corrected chi connectivity index (χ1v) is 20.4. The molecule has 8 N–H and O–H groups in total. The van der Waals surface area contributed by atoms with Gasteiger partial charge < -0.3 is 36.9 Å². The minimum atomic E-state index is -1.12. The smallest absolute Gasteiger partial charge is 0.243 e. The number of hydrogen-bond donors (Lipinski definition) is 8. The van der Waals surface area contributed by atoms with Crippen LogP contribution in [0.2, 0.25) is 0 Å². The molecule has 2 saturated heterocycles. The number of H-pyrrole nitrogens is 1. The number of para-hydroxylation sites is 1. The van der Waals surface area contributed by atoms with Gasteiger partial charge in [0.05, 0.1) is 11.4 Å². The van der Waals surface area contributed by atoms with Gasteiger partial charge in [-0.15, -0.1) is 11.8 Å². The van der Waals surface area contributed by atoms with Crippen LogP contribution in [0.4, 0.5) is 0 Å². The number of rotatable bonds is 7. The summed E-state index contributed by atoms with van der Waals surface area (Å²) in [7, 11) is 0. The molecule has 3 heterocycles. The standard InChI is InChI=1S/C40H62N8O6S/c1-19(2)16-27-35(51)45-29(20(3)4)36(52)46-30(21(5)6)37(53)47-31(22(7)8)39-48-32(40(10,11)55-39)38(54)42-23(9)33(49)43-28(34(50)44-27)17-24-18-41-26-15-13-12-14-25(24)26/h12-15,18-23,27-32,39,41,48H,16-17H2,1-11H3,(H,42,54)(H,43,49)(H,44,50)(H,45,51)(H,46,52)(H,47,53)/t23-,27-,28+,29+,30-,31+,32-,39?/m1/s1. The van der Waals surface area contributed by atoms with Gasteiger partial charge in [-0.1, -0.05) is 73.6 Å². The first kappa shape index (κ1) is 43.6. The van der Waals surface area contributed by atoms with Crippen LogP contribution in [0.5, 0.6) is 0 Å². The van der Waals surface area contributed by atoms with Crippen LogP contribution in [0.25, 0.3) is 10.9 Å². The Bertz CT molecular complexity index is 1720. The first-order valence-electron chi connectivity index (χ1n) is 19.5. The van der Waals surface area contributed by atoms with E-state index < -0.39 is 76.6 Å². The van der Waals surface area contributed by atoms with Gasteiger partial charge in [-0.2, -0.15) is 0 Å². The van der Waals surface area contributed by atoms with E-state index in [1.165, 1.54) is 11.8 Å². The van der Waals surface area contributed by atoms with Crippen molar-refractivity contribution in [2.75, 3.05) is 0 Å². The van der Waals surface area contributed by atoms with Crippen molar-refractivity contribution >= 4 is 58.1 Å². The Kier molecular flexibility index (Phi) is 14.5. The third-order valence-electron chi connectivity index (χ3n) is 10.4. The van der Waals surface area contributed by atoms with E-state index in [4.69, 9.17) is 0 Å². The number of fused-ring (bicyclic) bond motifs is 3. The summed E-state index contributed by atoms with van der Waals surface area (Å²) in [5, 5.41) is 21.4. The number of aromatic nitrogens is 1. The largest absolute Gasteiger partial charge is 0.361 e. The van der Waals surface area contributed by atoms with E-state index in [0.717, 1.165) is 16.5 Å². The van der Waals surface area contributed by atoms with Gasteiger partial charge >= 0.3 is 0 Å². The molecule has 304 valence electrons. The fraction of sp³-hybridized carbons (Fsp3) is 0.650. The highest BCUT2D eigenvalue weighted by atomic mass is 32.2. The summed E-state index contributed by atoms with van der Waals surface area (Å²) in [6.45, 7) is 20.5. The number of amides is 6. The molecule has 2 aromatic rings. The minimum absolute atomic E-state index is 0.0250. The van der Waals surface area contributed by atoms with E-state index in [0.29, 0.717) is 0 Å². The zero-order valence-electron chi connectivity index (χ0n) is 34.1. The third-order valence-corrected chi connectivity index (χ3v) is 11.9. The number of hydrogen-bond acceptors (Lipinski definition) is 8. The van der Waals surface area contributed by atoms with Crippen LogP contribution in [0.15, 0.2) is 30.5 Å². The van der Waals surface area contributed by atoms with Crippen molar-refractivity contribution in [3.63, 3.8) is 0 Å². The van der Waals surface area contributed by atoms with Crippen molar-refractivity contribution in [3.8, 4) is 0 Å². The molecule has 1 aromatic carbocycles. The highest BCUT2D eigenvalue weighted by molar-refractivity contribution is 8.01. The van der Waals surface area contributed by atoms with Gasteiger partial charge in [-0.25, -0.2) is 0 Å². The molecule has 0 saturated carbocycles. The number of carbonyl (C=O) groups excluding carboxylic acids is 6. The van der Waals surface area contributed by atoms with Crippen molar-refractivity contribution < 1.29 is 28.8 Å². The third kappa shape index (κ3) is 10.8. The maximum absolute atomic E-state index is 14.2. The molecule has 0 spiro atoms. The van der Waals surface area contributed by atoms with Crippen LogP contribution in [-0.4, -0.2) is 92.8 Å². The predicted octanol–water partition coefficient (Wildman–Crippen LogP) is 2.48. The summed E-state index contributed by atoms with van der Waals surface area (Å²) in [4.78, 5) is 87.0. The van der Waals surface area contributed by atoms with E-state index >= 15 is 0 Å². The van der Waals surface area contributed by atoms with E-state index in [1.54, 1.807) is 27.0 Å². The molecule has 15 heteroatoms. The number of carbonyl (C=O) groups is 6. The molecule has 2 aliphatic heterocycles. The average molecular weight is 783 g/mol. The van der Waals surface area contributed by atoms with Crippen molar-refractivity contribution in [2.45, 2.75) is 141 Å². The first-order chi connectivity index (χ1) is 25.7. The predicted molar refractivity (Wildman–Crippen MR) is 216 cm³/mol. The summed E-state index contributed by atoms with van der Waals surface area (Å²) >= 11 is 1.52. The van der Waals surface area contributed by atoms with E-state index in [9.17, 15) is 28.8 Å². The van der Waals surface area contributed by atoms with Crippen LogP contribution < -0.4 is 37.2 Å². The van der Waals surface area contributed by atoms with Gasteiger partial charge in [0.2, 0.25) is 35.4 Å². The highest BCUT2D eigenvalue weighted by Crippen LogP contribution is 2.40. The Hall–Kier alpha value is -4.11. The lowest BCUT2D eigenvalue weighted by Crippen LogP contribution is -2.61. The summed E-state index contributed by atoms with van der Waals surface area (Å²) in [5.74, 6) is -3.78. The van der Waals surface area contributed by atoms with Crippen molar-refractivity contribution in [1.29, 1.82) is 0 Å². The van der Waals surface area contributed by atoms with Gasteiger partial charge in [0.1, 0.15) is 36.3 Å². The molecule has 1 unspecified atom stereocenters. The minimum Gasteiger partial charge on any atom is -0.361 e. The van der Waals surface area contributed by atoms with Gasteiger partial charge in [0, 0.05) is 28.3 Å². The second-order valence-electron chi connectivity index (χ2n) is 17.0. The lowest BCUT2D eigenvalue weighted by molar-refractivity contribution is -0.136. The van der Waals surface area contributed by atoms with Gasteiger partial charge in [0.15, 0.2) is 0 Å². The topological polar surface area (TPSA) is 202 Å². The summed E-state index contributed by atoms with van der Waals surface area (Å²) in [6, 6.07) is 1.33. The van der Waals surface area contributed by atoms with Gasteiger partial charge in [0.25, 0.3) is 0 Å². The van der Waals surface area contributed by atoms with Crippen LogP contribution >= 0.6 is 11.8 Å². The molecule has 14 nitrogen and oxygen atoms in total. The number of nitrogens with one attached hydrogen (secondary N) is 8. The number of benzene rings is 1. The van der Waals surface area contributed by atoms with Crippen molar-refractivity contribution in [3.05, 3.63) is 36.0 Å². The van der Waals surface area contributed by atoms with Gasteiger partial charge in [-0.3, -0.25) is 34.1 Å². The molecule has 0 radical (unpaired) electrons. The monoisotopic (exact) mass is 782 g/mol. The second-order valence-corrected chi connectivity index (χ2v) is 18.8. The number of thioether (sulfide) groups is 1. The van der Waals surface area contributed by atoms with Gasteiger partial charge in [-0.05, 0) is 62.5 Å². The molecular formula is C40H62N8O6S. The summed E-state index contributed by atoms with van der Waals surface area (Å²) < 4.78 is -0.628. The van der Waals surface area contributed by atoms with Crippen molar-refractivity contribution in [2.24, 2.45) is 23.7 Å². The highest BCUT2D eigenvalue weighted by Gasteiger charge is 2.49. The summed E-state index contributed by atoms with van der Waals surface area (Å²) in [5.41, 5.74) is 1.64. The molecule has 2 fully saturated rings. The SMILES string of the molecule is CC(C)C[C@H]1NC(=O)[C@H](Cc2c[nH]c3ccccc23)NC(=O)[C@@H](C)NC(=O)[C@H]2NC(SC2(C)C)[C@H](C(C)C)NC(=O)[C@@H](C(C)C)NC(=O)[C@H](C(C)C)NC1=O. The molecule has 2 aliphatic rings. The lowest BCUT2D eigenvalue weighted by atomic mass is 9.97. The van der Waals surface area contributed by atoms with Crippen LogP contribution in [0, 0.1) is 23.7 Å². The Morgan fingerprint density at radius 3 is 1.82 bits per heavy atom. The average Bonchev–Trinajstić information content (AvgIpc) is 3.65. The fourth-order valence-corrected chi connectivity index (χ4v) is 8.84. The molecule has 55 heavy (non-hydrogen) atoms. The van der Waals surface area contributed by atoms with E-state index in [-0.39, 0.29) is 47.8 Å². The Morgan fingerprint density at radius 1 is 0.655 bits per heavy atom. The Labute approximate surface area is 329 Å². The second kappa shape index (κ2) is 18.2. The Balaban J connectivity index is 1.76. The Morgan fingerprint density at radius 2 is 1.22 bits per heavy atom. The zero-order valence-corrected chi connectivity index (χ0v) is 34.9. The van der Waals surface area contributed by atoms with Crippen LogP contribution in [0.1, 0.15) is 88.1 Å². The number of aromatic amines is 1. The quantitative estimate of drug-likeness (QED) is 0.209. The molecule has 6 amide bonds. The van der Waals surface area contributed by atoms with E-state index in [2.05, 4.69) is 42.2 Å². The lowest BCUT2D eigenvalue weighted by Gasteiger charge is -2.32. The van der Waals surface area contributed by atoms with Crippen LogP contribution in [-0.2, 0) is 35.2 Å². The maximum atomic E-state index is 14.2. The maximum Gasteiger partial charge on any atom is 0.243 e. The molecule has 0 aliphatic carbocycles.